The average molecular weight is 451 g/mol. The van der Waals surface area contributed by atoms with E-state index in [1.165, 1.54) is 0 Å². The Morgan fingerprint density at radius 1 is 1.06 bits per heavy atom. The van der Waals surface area contributed by atoms with Gasteiger partial charge in [0.1, 0.15) is 0 Å². The fourth-order valence-electron chi connectivity index (χ4n) is 3.96. The summed E-state index contributed by atoms with van der Waals surface area (Å²) in [4.78, 5) is 36.8. The molecule has 33 heavy (non-hydrogen) atoms. The van der Waals surface area contributed by atoms with Crippen LogP contribution in [0.4, 0.5) is 5.95 Å². The Hall–Kier alpha value is -3.46. The Balaban J connectivity index is 1.18. The summed E-state index contributed by atoms with van der Waals surface area (Å²) in [5.74, 6) is 0.389. The first kappa shape index (κ1) is 22.7. The minimum atomic E-state index is -0.442. The summed E-state index contributed by atoms with van der Waals surface area (Å²) in [5, 5.41) is 1.04. The number of carbonyl (C=O) groups excluding carboxylic acids is 2. The van der Waals surface area contributed by atoms with Crippen molar-refractivity contribution in [1.29, 1.82) is 0 Å². The summed E-state index contributed by atoms with van der Waals surface area (Å²) in [6.07, 6.45) is 6.97. The number of nitrogens with two attached hydrogens (primary N) is 1. The zero-order valence-corrected chi connectivity index (χ0v) is 18.9. The van der Waals surface area contributed by atoms with E-state index in [2.05, 4.69) is 21.8 Å². The van der Waals surface area contributed by atoms with Gasteiger partial charge in [-0.25, -0.2) is 9.97 Å². The maximum atomic E-state index is 12.5. The lowest BCUT2D eigenvalue weighted by atomic mass is 10.1. The highest BCUT2D eigenvalue weighted by molar-refractivity contribution is 5.97. The molecular formula is C24H30N6O3. The Bertz CT molecular complexity index is 1100. The Morgan fingerprint density at radius 3 is 2.52 bits per heavy atom. The van der Waals surface area contributed by atoms with E-state index in [0.717, 1.165) is 41.9 Å². The number of hydrogen-bond donors (Lipinski definition) is 1. The molecule has 3 heterocycles. The number of amides is 2. The van der Waals surface area contributed by atoms with Crippen molar-refractivity contribution in [2.24, 2.45) is 5.73 Å². The average Bonchev–Trinajstić information content (AvgIpc) is 3.26. The lowest BCUT2D eigenvalue weighted by Gasteiger charge is -2.34. The first-order valence-corrected chi connectivity index (χ1v) is 11.3. The predicted octanol–water partition coefficient (Wildman–Crippen LogP) is 1.85. The van der Waals surface area contributed by atoms with Crippen LogP contribution in [0.3, 0.4) is 0 Å². The molecular weight excluding hydrogens is 420 g/mol. The van der Waals surface area contributed by atoms with E-state index in [9.17, 15) is 9.59 Å². The van der Waals surface area contributed by atoms with E-state index in [4.69, 9.17) is 10.5 Å². The molecule has 1 aromatic carbocycles. The molecule has 9 heteroatoms. The second-order valence-corrected chi connectivity index (χ2v) is 8.12. The van der Waals surface area contributed by atoms with Crippen LogP contribution in [0.25, 0.3) is 10.9 Å². The quantitative estimate of drug-likeness (QED) is 0.499. The summed E-state index contributed by atoms with van der Waals surface area (Å²) in [5.41, 5.74) is 7.93. The summed E-state index contributed by atoms with van der Waals surface area (Å²) in [7, 11) is 0. The number of rotatable bonds is 9. The number of ether oxygens (including phenoxy) is 1. The highest BCUT2D eigenvalue weighted by Crippen LogP contribution is 2.18. The van der Waals surface area contributed by atoms with Crippen molar-refractivity contribution in [3.63, 3.8) is 0 Å². The Labute approximate surface area is 193 Å². The van der Waals surface area contributed by atoms with Gasteiger partial charge in [-0.2, -0.15) is 0 Å². The third kappa shape index (κ3) is 5.48. The van der Waals surface area contributed by atoms with Crippen LogP contribution in [0.2, 0.25) is 0 Å². The van der Waals surface area contributed by atoms with Crippen molar-refractivity contribution >= 4 is 28.7 Å². The highest BCUT2D eigenvalue weighted by Gasteiger charge is 2.22. The van der Waals surface area contributed by atoms with E-state index in [1.54, 1.807) is 12.1 Å². The van der Waals surface area contributed by atoms with E-state index >= 15 is 0 Å². The molecule has 0 aliphatic carbocycles. The van der Waals surface area contributed by atoms with Crippen LogP contribution < -0.4 is 10.6 Å². The van der Waals surface area contributed by atoms with Gasteiger partial charge in [0.05, 0.1) is 19.6 Å². The molecule has 1 saturated heterocycles. The van der Waals surface area contributed by atoms with Crippen LogP contribution in [0.1, 0.15) is 29.3 Å². The molecule has 1 aliphatic rings. The van der Waals surface area contributed by atoms with Crippen LogP contribution in [0.5, 0.6) is 0 Å². The van der Waals surface area contributed by atoms with Gasteiger partial charge in [-0.05, 0) is 35.6 Å². The number of hydrogen-bond acceptors (Lipinski definition) is 6. The topological polar surface area (TPSA) is 107 Å². The molecule has 1 fully saturated rings. The summed E-state index contributed by atoms with van der Waals surface area (Å²) in [6.45, 7) is 6.36. The van der Waals surface area contributed by atoms with E-state index in [1.807, 2.05) is 40.2 Å². The second kappa shape index (κ2) is 10.4. The van der Waals surface area contributed by atoms with Crippen LogP contribution in [-0.2, 0) is 22.5 Å². The molecule has 0 atom stereocenters. The molecule has 3 aromatic rings. The number of aromatic nitrogens is 3. The number of carbonyl (C=O) groups is 2. The van der Waals surface area contributed by atoms with Gasteiger partial charge in [-0.3, -0.25) is 9.59 Å². The SMILES string of the molecule is CCc1cnc(N2CCN(C(=O)CCOCCn3ccc4ccc(C(N)=O)cc43)CC2)nc1. The number of aryl methyl sites for hydroxylation is 1. The summed E-state index contributed by atoms with van der Waals surface area (Å²) >= 11 is 0. The smallest absolute Gasteiger partial charge is 0.248 e. The minimum Gasteiger partial charge on any atom is -0.379 e. The van der Waals surface area contributed by atoms with Gasteiger partial charge < -0.3 is 24.8 Å². The fraction of sp³-hybridized carbons (Fsp3) is 0.417. The maximum Gasteiger partial charge on any atom is 0.248 e. The molecule has 2 N–H and O–H groups in total. The van der Waals surface area contributed by atoms with Crippen molar-refractivity contribution in [1.82, 2.24) is 19.4 Å². The first-order chi connectivity index (χ1) is 16.0. The van der Waals surface area contributed by atoms with Gasteiger partial charge in [0.25, 0.3) is 0 Å². The standard InChI is InChI=1S/C24H30N6O3/c1-2-18-16-26-24(27-17-18)30-10-8-29(9-11-30)22(31)6-13-33-14-12-28-7-5-19-3-4-20(23(25)32)15-21(19)28/h3-5,7,15-17H,2,6,8-14H2,1H3,(H2,25,32). The molecule has 0 saturated carbocycles. The number of benzene rings is 1. The van der Waals surface area contributed by atoms with Crippen molar-refractivity contribution in [2.45, 2.75) is 26.3 Å². The van der Waals surface area contributed by atoms with Crippen LogP contribution in [0.15, 0.2) is 42.9 Å². The predicted molar refractivity (Wildman–Crippen MR) is 126 cm³/mol. The van der Waals surface area contributed by atoms with Crippen molar-refractivity contribution < 1.29 is 14.3 Å². The largest absolute Gasteiger partial charge is 0.379 e. The zero-order chi connectivity index (χ0) is 23.2. The number of nitrogens with zero attached hydrogens (tertiary/aromatic N) is 5. The number of fused-ring (bicyclic) bond motifs is 1. The number of piperazine rings is 1. The van der Waals surface area contributed by atoms with Crippen LogP contribution in [0, 0.1) is 0 Å². The van der Waals surface area contributed by atoms with Crippen molar-refractivity contribution in [2.75, 3.05) is 44.3 Å². The number of primary amides is 1. The molecule has 4 rings (SSSR count). The van der Waals surface area contributed by atoms with Gasteiger partial charge in [0.2, 0.25) is 17.8 Å². The van der Waals surface area contributed by atoms with Gasteiger partial charge in [-0.15, -0.1) is 0 Å². The zero-order valence-electron chi connectivity index (χ0n) is 18.9. The van der Waals surface area contributed by atoms with Gasteiger partial charge in [-0.1, -0.05) is 13.0 Å². The van der Waals surface area contributed by atoms with Gasteiger partial charge in [0, 0.05) is 62.4 Å². The van der Waals surface area contributed by atoms with Crippen LogP contribution in [-0.4, -0.2) is 70.6 Å². The molecule has 0 unspecified atom stereocenters. The molecule has 1 aliphatic heterocycles. The summed E-state index contributed by atoms with van der Waals surface area (Å²) < 4.78 is 7.74. The lowest BCUT2D eigenvalue weighted by Crippen LogP contribution is -2.49. The maximum absolute atomic E-state index is 12.5. The van der Waals surface area contributed by atoms with Gasteiger partial charge in [0.15, 0.2) is 0 Å². The first-order valence-electron chi connectivity index (χ1n) is 11.3. The lowest BCUT2D eigenvalue weighted by molar-refractivity contribution is -0.132. The third-order valence-corrected chi connectivity index (χ3v) is 6.01. The fourth-order valence-corrected chi connectivity index (χ4v) is 3.96. The normalized spacial score (nSPS) is 14.1. The van der Waals surface area contributed by atoms with Gasteiger partial charge >= 0.3 is 0 Å². The molecule has 2 aromatic heterocycles. The third-order valence-electron chi connectivity index (χ3n) is 6.01. The van der Waals surface area contributed by atoms with E-state index in [0.29, 0.717) is 44.8 Å². The Morgan fingerprint density at radius 2 is 1.82 bits per heavy atom. The molecule has 2 amide bonds. The Kier molecular flexibility index (Phi) is 7.19. The van der Waals surface area contributed by atoms with E-state index in [-0.39, 0.29) is 5.91 Å². The number of anilines is 1. The highest BCUT2D eigenvalue weighted by atomic mass is 16.5. The molecule has 0 bridgehead atoms. The van der Waals surface area contributed by atoms with Crippen molar-refractivity contribution in [3.8, 4) is 0 Å². The summed E-state index contributed by atoms with van der Waals surface area (Å²) in [6, 6.07) is 7.40. The molecule has 9 nitrogen and oxygen atoms in total. The van der Waals surface area contributed by atoms with Crippen molar-refractivity contribution in [3.05, 3.63) is 54.0 Å². The molecule has 0 spiro atoms. The minimum absolute atomic E-state index is 0.106. The monoisotopic (exact) mass is 450 g/mol. The molecule has 0 radical (unpaired) electrons. The second-order valence-electron chi connectivity index (χ2n) is 8.12. The van der Waals surface area contributed by atoms with E-state index < -0.39 is 5.91 Å². The van der Waals surface area contributed by atoms with Crippen LogP contribution >= 0.6 is 0 Å². The molecule has 174 valence electrons.